The highest BCUT2D eigenvalue weighted by Gasteiger charge is 1.91. The second-order valence-electron chi connectivity index (χ2n) is 1.36. The quantitative estimate of drug-likeness (QED) is 0.181. The van der Waals surface area contributed by atoms with Crippen molar-refractivity contribution in [1.29, 1.82) is 0 Å². The van der Waals surface area contributed by atoms with Crippen LogP contribution in [0.3, 0.4) is 0 Å². The predicted molar refractivity (Wildman–Crippen MR) is 37.5 cm³/mol. The second kappa shape index (κ2) is 2.57. The summed E-state index contributed by atoms with van der Waals surface area (Å²) in [6.07, 6.45) is 3.90. The maximum absolute atomic E-state index is 8.04. The van der Waals surface area contributed by atoms with Crippen LogP contribution < -0.4 is 0 Å². The molecule has 0 amide bonds. The monoisotopic (exact) mass is 129 g/mol. The van der Waals surface area contributed by atoms with Crippen LogP contribution in [0, 0.1) is 0 Å². The Bertz CT molecular complexity index is 139. The third-order valence-electron chi connectivity index (χ3n) is 0.812. The summed E-state index contributed by atoms with van der Waals surface area (Å²) < 4.78 is 0. The molecule has 0 aromatic carbocycles. The van der Waals surface area contributed by atoms with Gasteiger partial charge in [0.25, 0.3) is 0 Å². The van der Waals surface area contributed by atoms with E-state index < -0.39 is 0 Å². The average Bonchev–Trinajstić information content (AvgIpc) is 2.19. The Kier molecular flexibility index (Phi) is 1.75. The molecule has 0 aromatic heterocycles. The molecule has 2 nitrogen and oxygen atoms in total. The van der Waals surface area contributed by atoms with Gasteiger partial charge in [0.1, 0.15) is 0 Å². The third-order valence-corrected chi connectivity index (χ3v) is 2.22. The van der Waals surface area contributed by atoms with Gasteiger partial charge in [-0.1, -0.05) is 17.3 Å². The van der Waals surface area contributed by atoms with E-state index in [4.69, 9.17) is 5.21 Å². The summed E-state index contributed by atoms with van der Waals surface area (Å²) in [7, 11) is -0.348. The molecule has 44 valence electrons. The lowest BCUT2D eigenvalue weighted by molar-refractivity contribution is 0.323. The zero-order valence-corrected chi connectivity index (χ0v) is 5.12. The van der Waals surface area contributed by atoms with Crippen molar-refractivity contribution in [2.45, 2.75) is 0 Å². The van der Waals surface area contributed by atoms with Crippen LogP contribution in [0.4, 0.5) is 0 Å². The molecule has 8 heavy (non-hydrogen) atoms. The molecule has 0 radical (unpaired) electrons. The first kappa shape index (κ1) is 5.44. The van der Waals surface area contributed by atoms with Crippen molar-refractivity contribution in [3.8, 4) is 0 Å². The number of hydrogen-bond acceptors (Lipinski definition) is 2. The highest BCUT2D eigenvalue weighted by Crippen LogP contribution is 2.28. The summed E-state index contributed by atoms with van der Waals surface area (Å²) in [5.74, 6) is 0. The third kappa shape index (κ3) is 1.13. The van der Waals surface area contributed by atoms with Gasteiger partial charge in [-0.15, -0.1) is 0 Å². The van der Waals surface area contributed by atoms with Gasteiger partial charge in [-0.05, 0) is 10.8 Å². The van der Waals surface area contributed by atoms with Crippen molar-refractivity contribution in [2.75, 3.05) is 0 Å². The van der Waals surface area contributed by atoms with Crippen LogP contribution in [0.2, 0.25) is 0 Å². The number of oxime groups is 1. The van der Waals surface area contributed by atoms with Gasteiger partial charge in [-0.2, -0.15) is 10.9 Å². The SMILES string of the molecule is ON=C[SH]1C=CC=C1. The van der Waals surface area contributed by atoms with E-state index in [0.717, 1.165) is 0 Å². The Hall–Kier alpha value is -0.700. The van der Waals surface area contributed by atoms with Crippen LogP contribution in [0.25, 0.3) is 0 Å². The lowest BCUT2D eigenvalue weighted by atomic mass is 10.6. The predicted octanol–water partition coefficient (Wildman–Crippen LogP) is 1.45. The molecule has 0 bridgehead atoms. The molecule has 0 atom stereocenters. The van der Waals surface area contributed by atoms with E-state index in [1.165, 1.54) is 5.55 Å². The van der Waals surface area contributed by atoms with E-state index in [0.29, 0.717) is 0 Å². The van der Waals surface area contributed by atoms with Crippen LogP contribution in [0.15, 0.2) is 28.1 Å². The molecule has 1 rings (SSSR count). The smallest absolute Gasteiger partial charge is 0.0865 e. The Morgan fingerprint density at radius 1 is 1.38 bits per heavy atom. The molecule has 0 aliphatic carbocycles. The van der Waals surface area contributed by atoms with Gasteiger partial charge in [-0.3, -0.25) is 0 Å². The molecule has 1 aliphatic heterocycles. The zero-order valence-electron chi connectivity index (χ0n) is 4.23. The molecule has 0 saturated heterocycles. The minimum Gasteiger partial charge on any atom is -0.410 e. The minimum atomic E-state index is -0.348. The Morgan fingerprint density at radius 2 is 2.00 bits per heavy atom. The fourth-order valence-electron chi connectivity index (χ4n) is 0.484. The fourth-order valence-corrected chi connectivity index (χ4v) is 1.45. The Balaban J connectivity index is 2.49. The highest BCUT2D eigenvalue weighted by atomic mass is 32.2. The molecule has 1 aliphatic rings. The molecule has 3 heteroatoms. The Labute approximate surface area is 50.5 Å². The first-order valence-corrected chi connectivity index (χ1v) is 3.78. The molecule has 1 heterocycles. The van der Waals surface area contributed by atoms with Crippen LogP contribution in [0.1, 0.15) is 0 Å². The van der Waals surface area contributed by atoms with Gasteiger partial charge in [-0.25, -0.2) is 0 Å². The molecular formula is C5H7NOS. The molecule has 0 saturated carbocycles. The van der Waals surface area contributed by atoms with E-state index >= 15 is 0 Å². The second-order valence-corrected chi connectivity index (χ2v) is 3.08. The number of rotatable bonds is 1. The molecule has 0 spiro atoms. The van der Waals surface area contributed by atoms with Gasteiger partial charge in [0.05, 0.1) is 5.55 Å². The first-order chi connectivity index (χ1) is 3.93. The summed E-state index contributed by atoms with van der Waals surface area (Å²) >= 11 is 0. The summed E-state index contributed by atoms with van der Waals surface area (Å²) in [5, 5.41) is 15.0. The van der Waals surface area contributed by atoms with Gasteiger partial charge in [0.15, 0.2) is 0 Å². The Morgan fingerprint density at radius 3 is 2.50 bits per heavy atom. The molecule has 0 fully saturated rings. The maximum Gasteiger partial charge on any atom is 0.0865 e. The van der Waals surface area contributed by atoms with Gasteiger partial charge < -0.3 is 5.21 Å². The van der Waals surface area contributed by atoms with Gasteiger partial charge >= 0.3 is 0 Å². The summed E-state index contributed by atoms with van der Waals surface area (Å²) in [6, 6.07) is 0. The van der Waals surface area contributed by atoms with Crippen molar-refractivity contribution in [2.24, 2.45) is 5.16 Å². The zero-order chi connectivity index (χ0) is 5.82. The normalized spacial score (nSPS) is 21.2. The van der Waals surface area contributed by atoms with Crippen molar-refractivity contribution in [1.82, 2.24) is 0 Å². The number of allylic oxidation sites excluding steroid dienone is 2. The fraction of sp³-hybridized carbons (Fsp3) is 0. The largest absolute Gasteiger partial charge is 0.410 e. The number of nitrogens with zero attached hydrogens (tertiary/aromatic N) is 1. The summed E-state index contributed by atoms with van der Waals surface area (Å²) in [4.78, 5) is 0. The van der Waals surface area contributed by atoms with Crippen molar-refractivity contribution in [3.05, 3.63) is 23.0 Å². The van der Waals surface area contributed by atoms with E-state index in [2.05, 4.69) is 5.16 Å². The summed E-state index contributed by atoms with van der Waals surface area (Å²) in [5.41, 5.74) is 1.54. The molecule has 0 unspecified atom stereocenters. The molecule has 1 N–H and O–H groups in total. The van der Waals surface area contributed by atoms with Gasteiger partial charge in [0.2, 0.25) is 0 Å². The lowest BCUT2D eigenvalue weighted by Gasteiger charge is -1.94. The minimum absolute atomic E-state index is 0.348. The standard InChI is InChI=1S/C5H7NOS/c7-6-5-8-3-1-2-4-8/h1-5,7-8H. The highest BCUT2D eigenvalue weighted by molar-refractivity contribution is 8.33. The van der Waals surface area contributed by atoms with Crippen LogP contribution in [0.5, 0.6) is 0 Å². The maximum atomic E-state index is 8.04. The van der Waals surface area contributed by atoms with E-state index in [1.54, 1.807) is 0 Å². The van der Waals surface area contributed by atoms with Crippen molar-refractivity contribution in [3.63, 3.8) is 0 Å². The van der Waals surface area contributed by atoms with Crippen LogP contribution in [-0.4, -0.2) is 10.8 Å². The van der Waals surface area contributed by atoms with E-state index in [-0.39, 0.29) is 10.9 Å². The summed E-state index contributed by atoms with van der Waals surface area (Å²) in [6.45, 7) is 0. The van der Waals surface area contributed by atoms with Crippen molar-refractivity contribution < 1.29 is 5.21 Å². The van der Waals surface area contributed by atoms with Gasteiger partial charge in [0, 0.05) is 0 Å². The van der Waals surface area contributed by atoms with E-state index in [1.807, 2.05) is 23.0 Å². The number of hydrogen-bond donors (Lipinski definition) is 2. The number of thiol groups is 1. The van der Waals surface area contributed by atoms with Crippen molar-refractivity contribution >= 4 is 16.4 Å². The topological polar surface area (TPSA) is 32.6 Å². The van der Waals surface area contributed by atoms with E-state index in [9.17, 15) is 0 Å². The van der Waals surface area contributed by atoms with Crippen LogP contribution in [-0.2, 0) is 0 Å². The average molecular weight is 129 g/mol. The molecule has 0 aromatic rings. The lowest BCUT2D eigenvalue weighted by Crippen LogP contribution is -1.65. The molecular weight excluding hydrogens is 122 g/mol. The first-order valence-electron chi connectivity index (χ1n) is 2.23. The van der Waals surface area contributed by atoms with Crippen LogP contribution >= 0.6 is 10.9 Å².